The Morgan fingerprint density at radius 2 is 2.31 bits per heavy atom. The van der Waals surface area contributed by atoms with Gasteiger partial charge in [0.25, 0.3) is 0 Å². The summed E-state index contributed by atoms with van der Waals surface area (Å²) in [5.41, 5.74) is 2.31. The zero-order valence-corrected chi connectivity index (χ0v) is 15.6. The van der Waals surface area contributed by atoms with Crippen molar-refractivity contribution in [2.45, 2.75) is 25.9 Å². The molecule has 0 radical (unpaired) electrons. The predicted octanol–water partition coefficient (Wildman–Crippen LogP) is 3.87. The molecule has 5 heteroatoms. The first kappa shape index (κ1) is 16.7. The van der Waals surface area contributed by atoms with Crippen molar-refractivity contribution in [2.75, 3.05) is 6.61 Å². The van der Waals surface area contributed by atoms with Crippen LogP contribution in [-0.4, -0.2) is 11.6 Å². The molecule has 0 amide bonds. The average Bonchev–Trinajstić information content (AvgIpc) is 2.33. The zero-order chi connectivity index (χ0) is 11.1. The summed E-state index contributed by atoms with van der Waals surface area (Å²) >= 11 is 4.25. The van der Waals surface area contributed by atoms with Crippen LogP contribution in [-0.2, 0) is 21.1 Å². The molecule has 1 aromatic rings. The van der Waals surface area contributed by atoms with Gasteiger partial charge in [-0.3, -0.25) is 4.98 Å². The van der Waals surface area contributed by atoms with Crippen molar-refractivity contribution in [3.05, 3.63) is 36.0 Å². The summed E-state index contributed by atoms with van der Waals surface area (Å²) in [4.78, 5) is 4.17. The first-order chi connectivity index (χ1) is 7.36. The van der Waals surface area contributed by atoms with Crippen molar-refractivity contribution >= 4 is 30.6 Å². The van der Waals surface area contributed by atoms with Crippen molar-refractivity contribution in [1.82, 2.24) is 4.98 Å². The monoisotopic (exact) mass is 399 g/mol. The number of hydrogen-bond donors (Lipinski definition) is 0. The molecule has 0 aromatic carbocycles. The molecule has 1 saturated heterocycles. The van der Waals surface area contributed by atoms with E-state index in [1.807, 2.05) is 19.2 Å². The van der Waals surface area contributed by atoms with E-state index >= 15 is 0 Å². The van der Waals surface area contributed by atoms with E-state index in [-0.39, 0.29) is 23.1 Å². The molecule has 2 heterocycles. The van der Waals surface area contributed by atoms with Gasteiger partial charge in [-0.2, -0.15) is 6.42 Å². The molecule has 1 fully saturated rings. The molecule has 0 N–H and O–H groups in total. The molecule has 1 atom stereocenters. The van der Waals surface area contributed by atoms with E-state index in [1.54, 1.807) is 0 Å². The van der Waals surface area contributed by atoms with Gasteiger partial charge in [-0.25, -0.2) is 0 Å². The molecule has 0 bridgehead atoms. The van der Waals surface area contributed by atoms with Gasteiger partial charge in [0.05, 0.1) is 6.10 Å². The standard InChI is InChI=1S/C11H14NO.2BrH.Zn/c1-9-8-10(5-6-12-9)11-4-2-3-7-13-11;;;/h2,5-6,8,11H,3-4,7H2,1H3;2*1H;/q-1;;;+2/p-1. The van der Waals surface area contributed by atoms with Gasteiger partial charge >= 0.3 is 30.0 Å². The van der Waals surface area contributed by atoms with E-state index in [2.05, 4.69) is 31.1 Å². The van der Waals surface area contributed by atoms with E-state index in [0.29, 0.717) is 0 Å². The van der Waals surface area contributed by atoms with Gasteiger partial charge in [0, 0.05) is 18.5 Å². The van der Waals surface area contributed by atoms with Crippen LogP contribution in [0.4, 0.5) is 0 Å². The minimum atomic E-state index is 0. The molecular weight excluding hydrogens is 387 g/mol. The number of nitrogens with zero attached hydrogens (tertiary/aromatic N) is 1. The Hall–Kier alpha value is 0.693. The second kappa shape index (κ2) is 9.70. The Bertz CT molecular complexity index is 293. The topological polar surface area (TPSA) is 22.1 Å². The molecule has 0 saturated carbocycles. The molecule has 86 valence electrons. The number of aromatic nitrogens is 1. The zero-order valence-electron chi connectivity index (χ0n) is 9.36. The molecule has 1 aromatic heterocycles. The van der Waals surface area contributed by atoms with Crippen molar-refractivity contribution in [3.8, 4) is 0 Å². The Kier molecular flexibility index (Phi) is 10.1. The fourth-order valence-electron chi connectivity index (χ4n) is 1.63. The molecule has 2 nitrogen and oxygen atoms in total. The van der Waals surface area contributed by atoms with Crippen LogP contribution in [0.3, 0.4) is 0 Å². The van der Waals surface area contributed by atoms with E-state index in [1.165, 1.54) is 21.9 Å². The van der Waals surface area contributed by atoms with Crippen molar-refractivity contribution in [1.29, 1.82) is 0 Å². The van der Waals surface area contributed by atoms with Gasteiger partial charge in [0.15, 0.2) is 0 Å². The maximum atomic E-state index is 5.66. The van der Waals surface area contributed by atoms with Gasteiger partial charge in [0.2, 0.25) is 0 Å². The molecular formula is C11H15Br2NOZn. The van der Waals surface area contributed by atoms with Crippen LogP contribution in [0.15, 0.2) is 18.3 Å². The van der Waals surface area contributed by atoms with Crippen LogP contribution < -0.4 is 0 Å². The Balaban J connectivity index is 0.000000711. The van der Waals surface area contributed by atoms with E-state index in [9.17, 15) is 0 Å². The molecule has 0 spiro atoms. The van der Waals surface area contributed by atoms with E-state index in [4.69, 9.17) is 4.74 Å². The van der Waals surface area contributed by atoms with Crippen LogP contribution in [0, 0.1) is 13.3 Å². The second-order valence-corrected chi connectivity index (χ2v) is 3.40. The number of pyridine rings is 1. The fourth-order valence-corrected chi connectivity index (χ4v) is 1.63. The SMILES string of the molecule is Br.Cc1cc(C2C[CH-]CCO2)ccn1.[Zn+][Br]. The molecule has 1 unspecified atom stereocenters. The molecule has 1 aliphatic rings. The van der Waals surface area contributed by atoms with Crippen molar-refractivity contribution < 1.29 is 21.1 Å². The summed E-state index contributed by atoms with van der Waals surface area (Å²) in [6, 6.07) is 4.14. The average molecular weight is 402 g/mol. The number of rotatable bonds is 1. The Morgan fingerprint density at radius 3 is 2.88 bits per heavy atom. The first-order valence-corrected chi connectivity index (χ1v) is 11.9. The summed E-state index contributed by atoms with van der Waals surface area (Å²) in [5.74, 6) is 0. The number of ether oxygens (including phenoxy) is 1. The Labute approximate surface area is 124 Å². The predicted molar refractivity (Wildman–Crippen MR) is 70.5 cm³/mol. The van der Waals surface area contributed by atoms with E-state index in [0.717, 1.165) is 25.1 Å². The van der Waals surface area contributed by atoms with Gasteiger partial charge in [-0.15, -0.1) is 23.4 Å². The minimum absolute atomic E-state index is 0. The quantitative estimate of drug-likeness (QED) is 0.526. The second-order valence-electron chi connectivity index (χ2n) is 3.40. The van der Waals surface area contributed by atoms with Crippen LogP contribution in [0.5, 0.6) is 0 Å². The van der Waals surface area contributed by atoms with Gasteiger partial charge < -0.3 is 11.2 Å². The van der Waals surface area contributed by atoms with Gasteiger partial charge in [-0.05, 0) is 24.6 Å². The third kappa shape index (κ3) is 5.35. The van der Waals surface area contributed by atoms with Gasteiger partial charge in [-0.1, -0.05) is 0 Å². The maximum absolute atomic E-state index is 5.66. The summed E-state index contributed by atoms with van der Waals surface area (Å²) in [7, 11) is 0. The van der Waals surface area contributed by atoms with Gasteiger partial charge in [0.1, 0.15) is 0 Å². The summed E-state index contributed by atoms with van der Waals surface area (Å²) < 4.78 is 5.66. The van der Waals surface area contributed by atoms with Crippen LogP contribution in [0.25, 0.3) is 0 Å². The van der Waals surface area contributed by atoms with Crippen molar-refractivity contribution in [2.24, 2.45) is 0 Å². The Morgan fingerprint density at radius 1 is 1.56 bits per heavy atom. The molecule has 0 aliphatic carbocycles. The van der Waals surface area contributed by atoms with Crippen LogP contribution in [0.1, 0.15) is 30.2 Å². The van der Waals surface area contributed by atoms with Crippen molar-refractivity contribution in [3.63, 3.8) is 0 Å². The number of aryl methyl sites for hydroxylation is 1. The number of halogens is 2. The summed E-state index contributed by atoms with van der Waals surface area (Å²) in [6.07, 6.45) is 6.52. The molecule has 16 heavy (non-hydrogen) atoms. The fraction of sp³-hybridized carbons (Fsp3) is 0.455. The molecule has 1 aliphatic heterocycles. The summed E-state index contributed by atoms with van der Waals surface area (Å²) in [5, 5.41) is 0. The van der Waals surface area contributed by atoms with Crippen LogP contribution in [0.2, 0.25) is 0 Å². The van der Waals surface area contributed by atoms with Crippen LogP contribution >= 0.6 is 30.6 Å². The normalized spacial score (nSPS) is 19.1. The number of hydrogen-bond acceptors (Lipinski definition) is 2. The first-order valence-electron chi connectivity index (χ1n) is 4.99. The third-order valence-electron chi connectivity index (χ3n) is 2.31. The third-order valence-corrected chi connectivity index (χ3v) is 2.31. The molecule has 2 rings (SSSR count). The van der Waals surface area contributed by atoms with E-state index < -0.39 is 0 Å². The summed E-state index contributed by atoms with van der Waals surface area (Å²) in [6.45, 7) is 2.86.